The molecule has 2 aromatic heterocycles. The molecular formula is C17H17BrN2OS. The second-order valence-electron chi connectivity index (χ2n) is 5.53. The van der Waals surface area contributed by atoms with Crippen molar-refractivity contribution in [2.75, 3.05) is 5.32 Å². The molecule has 0 saturated carbocycles. The SMILES string of the molecule is Cc1cc(NC(=O)c2c(C)sc3c(C)c(C)[nH]c23)ccc1Br. The number of carbonyl (C=O) groups is 1. The van der Waals surface area contributed by atoms with Gasteiger partial charge in [0.15, 0.2) is 0 Å². The molecule has 2 heterocycles. The lowest BCUT2D eigenvalue weighted by atomic mass is 10.2. The summed E-state index contributed by atoms with van der Waals surface area (Å²) in [5.41, 5.74) is 5.94. The lowest BCUT2D eigenvalue weighted by Crippen LogP contribution is -2.12. The van der Waals surface area contributed by atoms with Crippen molar-refractivity contribution in [2.45, 2.75) is 27.7 Å². The van der Waals surface area contributed by atoms with Gasteiger partial charge in [0.1, 0.15) is 0 Å². The molecule has 0 radical (unpaired) electrons. The van der Waals surface area contributed by atoms with E-state index in [0.29, 0.717) is 0 Å². The van der Waals surface area contributed by atoms with E-state index in [1.807, 2.05) is 39.0 Å². The smallest absolute Gasteiger partial charge is 0.258 e. The van der Waals surface area contributed by atoms with Gasteiger partial charge in [0.05, 0.1) is 15.8 Å². The number of hydrogen-bond donors (Lipinski definition) is 2. The van der Waals surface area contributed by atoms with Crippen LogP contribution in [0.3, 0.4) is 0 Å². The lowest BCUT2D eigenvalue weighted by molar-refractivity contribution is 0.102. The molecule has 3 rings (SSSR count). The Morgan fingerprint density at radius 3 is 2.64 bits per heavy atom. The molecule has 0 saturated heterocycles. The van der Waals surface area contributed by atoms with Crippen LogP contribution >= 0.6 is 27.3 Å². The number of hydrogen-bond acceptors (Lipinski definition) is 2. The molecule has 22 heavy (non-hydrogen) atoms. The van der Waals surface area contributed by atoms with Crippen LogP contribution in [-0.2, 0) is 0 Å². The number of fused-ring (bicyclic) bond motifs is 1. The number of thiophene rings is 1. The van der Waals surface area contributed by atoms with Crippen LogP contribution in [0.15, 0.2) is 22.7 Å². The van der Waals surface area contributed by atoms with E-state index in [1.54, 1.807) is 11.3 Å². The number of rotatable bonds is 2. The van der Waals surface area contributed by atoms with E-state index in [1.165, 1.54) is 10.3 Å². The average Bonchev–Trinajstić information content (AvgIpc) is 2.90. The Bertz CT molecular complexity index is 892. The summed E-state index contributed by atoms with van der Waals surface area (Å²) in [6.07, 6.45) is 0. The third-order valence-corrected chi connectivity index (χ3v) is 6.06. The summed E-state index contributed by atoms with van der Waals surface area (Å²) in [4.78, 5) is 17.1. The van der Waals surface area contributed by atoms with Crippen molar-refractivity contribution in [3.05, 3.63) is 49.9 Å². The van der Waals surface area contributed by atoms with Gasteiger partial charge < -0.3 is 10.3 Å². The van der Waals surface area contributed by atoms with Crippen LogP contribution in [0.1, 0.15) is 32.1 Å². The van der Waals surface area contributed by atoms with Gasteiger partial charge in [-0.25, -0.2) is 0 Å². The Balaban J connectivity index is 2.00. The van der Waals surface area contributed by atoms with E-state index in [4.69, 9.17) is 0 Å². The minimum absolute atomic E-state index is 0.0632. The first-order valence-electron chi connectivity index (χ1n) is 7.04. The van der Waals surface area contributed by atoms with Crippen molar-refractivity contribution >= 4 is 49.1 Å². The van der Waals surface area contributed by atoms with Crippen molar-refractivity contribution in [3.8, 4) is 0 Å². The minimum Gasteiger partial charge on any atom is -0.357 e. The molecule has 0 aliphatic rings. The normalized spacial score (nSPS) is 11.1. The summed E-state index contributed by atoms with van der Waals surface area (Å²) in [6, 6.07) is 5.81. The second-order valence-corrected chi connectivity index (χ2v) is 7.61. The maximum Gasteiger partial charge on any atom is 0.258 e. The third-order valence-electron chi connectivity index (χ3n) is 3.94. The number of halogens is 1. The molecule has 1 aromatic carbocycles. The molecule has 3 aromatic rings. The Morgan fingerprint density at radius 2 is 1.95 bits per heavy atom. The maximum atomic E-state index is 12.7. The fourth-order valence-corrected chi connectivity index (χ4v) is 3.98. The predicted octanol–water partition coefficient (Wildman–Crippen LogP) is 5.48. The number of amides is 1. The van der Waals surface area contributed by atoms with Crippen LogP contribution in [-0.4, -0.2) is 10.9 Å². The van der Waals surface area contributed by atoms with E-state index in [2.05, 4.69) is 33.2 Å². The first kappa shape index (κ1) is 15.3. The van der Waals surface area contributed by atoms with Gasteiger partial charge in [-0.15, -0.1) is 11.3 Å². The summed E-state index contributed by atoms with van der Waals surface area (Å²) < 4.78 is 2.21. The molecular weight excluding hydrogens is 360 g/mol. The van der Waals surface area contributed by atoms with Gasteiger partial charge in [-0.1, -0.05) is 15.9 Å². The summed E-state index contributed by atoms with van der Waals surface area (Å²) in [7, 11) is 0. The monoisotopic (exact) mass is 376 g/mol. The molecule has 0 spiro atoms. The van der Waals surface area contributed by atoms with Crippen molar-refractivity contribution in [1.82, 2.24) is 4.98 Å². The van der Waals surface area contributed by atoms with Crippen LogP contribution in [0.25, 0.3) is 10.2 Å². The molecule has 114 valence electrons. The molecule has 2 N–H and O–H groups in total. The van der Waals surface area contributed by atoms with Crippen LogP contribution < -0.4 is 5.32 Å². The highest BCUT2D eigenvalue weighted by Gasteiger charge is 2.20. The molecule has 0 bridgehead atoms. The molecule has 5 heteroatoms. The van der Waals surface area contributed by atoms with Crippen molar-refractivity contribution in [3.63, 3.8) is 0 Å². The molecule has 0 atom stereocenters. The Kier molecular flexibility index (Phi) is 3.87. The second kappa shape index (κ2) is 5.56. The number of nitrogens with one attached hydrogen (secondary N) is 2. The van der Waals surface area contributed by atoms with Crippen molar-refractivity contribution in [1.29, 1.82) is 0 Å². The maximum absolute atomic E-state index is 12.7. The highest BCUT2D eigenvalue weighted by atomic mass is 79.9. The molecule has 0 unspecified atom stereocenters. The lowest BCUT2D eigenvalue weighted by Gasteiger charge is -2.07. The predicted molar refractivity (Wildman–Crippen MR) is 97.2 cm³/mol. The number of benzene rings is 1. The van der Waals surface area contributed by atoms with Gasteiger partial charge in [0.25, 0.3) is 5.91 Å². The van der Waals surface area contributed by atoms with E-state index < -0.39 is 0 Å². The van der Waals surface area contributed by atoms with Crippen LogP contribution in [0, 0.1) is 27.7 Å². The standard InChI is InChI=1S/C17H17BrN2OS/c1-8-7-12(5-6-13(8)18)20-17(21)14-11(4)22-16-9(2)10(3)19-15(14)16/h5-7,19H,1-4H3,(H,20,21). The van der Waals surface area contributed by atoms with Crippen molar-refractivity contribution in [2.24, 2.45) is 0 Å². The number of anilines is 1. The summed E-state index contributed by atoms with van der Waals surface area (Å²) in [5.74, 6) is -0.0632. The number of aromatic nitrogens is 1. The largest absolute Gasteiger partial charge is 0.357 e. The van der Waals surface area contributed by atoms with E-state index in [-0.39, 0.29) is 5.91 Å². The molecule has 0 fully saturated rings. The van der Waals surface area contributed by atoms with Crippen LogP contribution in [0.4, 0.5) is 5.69 Å². The van der Waals surface area contributed by atoms with Gasteiger partial charge in [-0.3, -0.25) is 4.79 Å². The molecule has 0 aliphatic carbocycles. The summed E-state index contributed by atoms with van der Waals surface area (Å²) in [6.45, 7) is 8.13. The fraction of sp³-hybridized carbons (Fsp3) is 0.235. The van der Waals surface area contributed by atoms with Crippen LogP contribution in [0.5, 0.6) is 0 Å². The van der Waals surface area contributed by atoms with E-state index >= 15 is 0 Å². The third kappa shape index (κ3) is 2.48. The number of aromatic amines is 1. The number of carbonyl (C=O) groups excluding carboxylic acids is 1. The molecule has 3 nitrogen and oxygen atoms in total. The highest BCUT2D eigenvalue weighted by molar-refractivity contribution is 9.10. The first-order valence-corrected chi connectivity index (χ1v) is 8.65. The van der Waals surface area contributed by atoms with E-state index in [0.717, 1.165) is 37.4 Å². The van der Waals surface area contributed by atoms with Gasteiger partial charge >= 0.3 is 0 Å². The zero-order valence-corrected chi connectivity index (χ0v) is 15.3. The Labute approximate surface area is 141 Å². The Hall–Kier alpha value is -1.59. The van der Waals surface area contributed by atoms with Gasteiger partial charge in [-0.05, 0) is 57.0 Å². The molecule has 0 aliphatic heterocycles. The zero-order chi connectivity index (χ0) is 16.0. The van der Waals surface area contributed by atoms with E-state index in [9.17, 15) is 4.79 Å². The highest BCUT2D eigenvalue weighted by Crippen LogP contribution is 2.34. The van der Waals surface area contributed by atoms with Gasteiger partial charge in [0.2, 0.25) is 0 Å². The van der Waals surface area contributed by atoms with Crippen molar-refractivity contribution < 1.29 is 4.79 Å². The summed E-state index contributed by atoms with van der Waals surface area (Å²) in [5, 5.41) is 3.00. The fourth-order valence-electron chi connectivity index (χ4n) is 2.57. The van der Waals surface area contributed by atoms with Gasteiger partial charge in [-0.2, -0.15) is 0 Å². The molecule has 1 amide bonds. The topological polar surface area (TPSA) is 44.9 Å². The first-order chi connectivity index (χ1) is 10.4. The van der Waals surface area contributed by atoms with Crippen LogP contribution in [0.2, 0.25) is 0 Å². The number of H-pyrrole nitrogens is 1. The quantitative estimate of drug-likeness (QED) is 0.611. The number of aryl methyl sites for hydroxylation is 4. The van der Waals surface area contributed by atoms with Gasteiger partial charge in [0, 0.05) is 20.7 Å². The minimum atomic E-state index is -0.0632. The zero-order valence-electron chi connectivity index (χ0n) is 12.9. The Morgan fingerprint density at radius 1 is 1.23 bits per heavy atom. The average molecular weight is 377 g/mol. The summed E-state index contributed by atoms with van der Waals surface area (Å²) >= 11 is 5.14.